The second-order valence-electron chi connectivity index (χ2n) is 7.29. The van der Waals surface area contributed by atoms with Crippen LogP contribution in [0.15, 0.2) is 53.3 Å². The molecule has 3 aromatic rings. The molecule has 7 nitrogen and oxygen atoms in total. The van der Waals surface area contributed by atoms with Crippen molar-refractivity contribution in [1.82, 2.24) is 9.36 Å². The van der Waals surface area contributed by atoms with Gasteiger partial charge in [0, 0.05) is 7.05 Å². The van der Waals surface area contributed by atoms with Crippen molar-refractivity contribution in [3.63, 3.8) is 0 Å². The van der Waals surface area contributed by atoms with Gasteiger partial charge in [0.2, 0.25) is 0 Å². The Balaban J connectivity index is 1.80. The van der Waals surface area contributed by atoms with Gasteiger partial charge >= 0.3 is 5.97 Å². The van der Waals surface area contributed by atoms with Crippen LogP contribution in [-0.4, -0.2) is 27.3 Å². The van der Waals surface area contributed by atoms with Gasteiger partial charge in [-0.05, 0) is 51.5 Å². The Hall–Kier alpha value is -3.61. The van der Waals surface area contributed by atoms with Gasteiger partial charge in [-0.15, -0.1) is 0 Å². The van der Waals surface area contributed by atoms with Crippen molar-refractivity contribution in [3.05, 3.63) is 81.3 Å². The second kappa shape index (κ2) is 8.41. The topological polar surface area (TPSA) is 82.3 Å². The standard InChI is InChI=1S/C23H25N3O4/c1-14-11-12-15(2)19(13-14)23(29)30-17(4)21(27)24-20-16(3)25(5)26(22(20)28)18-9-7-6-8-10-18/h6-13,17H,1-5H3,(H,24,27)/t17-/m0/s1. The molecule has 1 heterocycles. The van der Waals surface area contributed by atoms with Crippen LogP contribution in [0, 0.1) is 20.8 Å². The second-order valence-corrected chi connectivity index (χ2v) is 7.29. The van der Waals surface area contributed by atoms with Crippen LogP contribution in [0.1, 0.15) is 34.1 Å². The van der Waals surface area contributed by atoms with E-state index in [9.17, 15) is 14.4 Å². The maximum absolute atomic E-state index is 12.9. The highest BCUT2D eigenvalue weighted by Gasteiger charge is 2.24. The SMILES string of the molecule is Cc1ccc(C)c(C(=O)O[C@@H](C)C(=O)Nc2c(C)n(C)n(-c3ccccc3)c2=O)c1. The van der Waals surface area contributed by atoms with Crippen LogP contribution >= 0.6 is 0 Å². The monoisotopic (exact) mass is 407 g/mol. The number of aromatic nitrogens is 2. The quantitative estimate of drug-likeness (QED) is 0.658. The van der Waals surface area contributed by atoms with Crippen molar-refractivity contribution < 1.29 is 14.3 Å². The highest BCUT2D eigenvalue weighted by molar-refractivity contribution is 5.98. The molecule has 1 atom stereocenters. The minimum atomic E-state index is -1.07. The molecule has 3 rings (SSSR count). The number of nitrogens with zero attached hydrogens (tertiary/aromatic N) is 2. The first kappa shape index (κ1) is 21.1. The lowest BCUT2D eigenvalue weighted by Gasteiger charge is -2.14. The summed E-state index contributed by atoms with van der Waals surface area (Å²) < 4.78 is 8.48. The Labute approximate surface area is 174 Å². The summed E-state index contributed by atoms with van der Waals surface area (Å²) in [5.74, 6) is -1.15. The summed E-state index contributed by atoms with van der Waals surface area (Å²) in [5, 5.41) is 2.62. The number of para-hydroxylation sites is 1. The van der Waals surface area contributed by atoms with Crippen LogP contribution in [0.3, 0.4) is 0 Å². The molecule has 0 aliphatic heterocycles. The van der Waals surface area contributed by atoms with Crippen LogP contribution < -0.4 is 10.9 Å². The van der Waals surface area contributed by atoms with Gasteiger partial charge in [0.25, 0.3) is 11.5 Å². The van der Waals surface area contributed by atoms with Gasteiger partial charge in [-0.3, -0.25) is 14.3 Å². The molecular weight excluding hydrogens is 382 g/mol. The van der Waals surface area contributed by atoms with Crippen molar-refractivity contribution in [2.45, 2.75) is 33.8 Å². The average Bonchev–Trinajstić information content (AvgIpc) is 2.93. The molecule has 0 saturated carbocycles. The van der Waals surface area contributed by atoms with Crippen molar-refractivity contribution in [2.75, 3.05) is 5.32 Å². The lowest BCUT2D eigenvalue weighted by atomic mass is 10.1. The molecule has 30 heavy (non-hydrogen) atoms. The van der Waals surface area contributed by atoms with Crippen LogP contribution in [0.25, 0.3) is 5.69 Å². The first-order valence-corrected chi connectivity index (χ1v) is 9.63. The molecular formula is C23H25N3O4. The Kier molecular flexibility index (Phi) is 5.91. The van der Waals surface area contributed by atoms with Gasteiger partial charge < -0.3 is 10.1 Å². The van der Waals surface area contributed by atoms with E-state index in [-0.39, 0.29) is 11.2 Å². The molecule has 0 aliphatic carbocycles. The number of hydrogen-bond acceptors (Lipinski definition) is 4. The summed E-state index contributed by atoms with van der Waals surface area (Å²) in [5.41, 5.74) is 3.17. The number of hydrogen-bond donors (Lipinski definition) is 1. The Morgan fingerprint density at radius 2 is 1.70 bits per heavy atom. The summed E-state index contributed by atoms with van der Waals surface area (Å²) in [7, 11) is 1.74. The number of aryl methyl sites for hydroxylation is 2. The van der Waals surface area contributed by atoms with Crippen LogP contribution in [-0.2, 0) is 16.6 Å². The zero-order valence-corrected chi connectivity index (χ0v) is 17.7. The fourth-order valence-electron chi connectivity index (χ4n) is 3.17. The molecule has 0 fully saturated rings. The largest absolute Gasteiger partial charge is 0.449 e. The normalized spacial score (nSPS) is 11.8. The van der Waals surface area contributed by atoms with E-state index in [0.717, 1.165) is 11.1 Å². The van der Waals surface area contributed by atoms with Gasteiger partial charge in [-0.1, -0.05) is 35.9 Å². The maximum Gasteiger partial charge on any atom is 0.339 e. The lowest BCUT2D eigenvalue weighted by Crippen LogP contribution is -2.32. The smallest absolute Gasteiger partial charge is 0.339 e. The van der Waals surface area contributed by atoms with E-state index in [1.54, 1.807) is 43.8 Å². The van der Waals surface area contributed by atoms with E-state index in [2.05, 4.69) is 5.32 Å². The maximum atomic E-state index is 12.9. The predicted octanol–water partition coefficient (Wildman–Crippen LogP) is 3.29. The number of amides is 1. The molecule has 2 aromatic carbocycles. The minimum Gasteiger partial charge on any atom is -0.449 e. The Bertz CT molecular complexity index is 1160. The Morgan fingerprint density at radius 1 is 1.03 bits per heavy atom. The third-order valence-electron chi connectivity index (χ3n) is 5.07. The summed E-state index contributed by atoms with van der Waals surface area (Å²) in [6, 6.07) is 14.6. The lowest BCUT2D eigenvalue weighted by molar-refractivity contribution is -0.123. The number of rotatable bonds is 5. The molecule has 1 aromatic heterocycles. The van der Waals surface area contributed by atoms with E-state index in [1.165, 1.54) is 11.6 Å². The molecule has 0 radical (unpaired) electrons. The van der Waals surface area contributed by atoms with E-state index >= 15 is 0 Å². The molecule has 156 valence electrons. The van der Waals surface area contributed by atoms with E-state index in [0.29, 0.717) is 16.9 Å². The number of nitrogens with one attached hydrogen (secondary N) is 1. The molecule has 0 spiro atoms. The number of carbonyl (C=O) groups excluding carboxylic acids is 2. The molecule has 0 unspecified atom stereocenters. The zero-order chi connectivity index (χ0) is 22.0. The van der Waals surface area contributed by atoms with Gasteiger partial charge in [0.05, 0.1) is 16.9 Å². The number of esters is 1. The molecule has 0 aliphatic rings. The summed E-state index contributed by atoms with van der Waals surface area (Å²) in [4.78, 5) is 38.1. The third-order valence-corrected chi connectivity index (χ3v) is 5.07. The molecule has 1 N–H and O–H groups in total. The predicted molar refractivity (Wildman–Crippen MR) is 115 cm³/mol. The number of benzene rings is 2. The third kappa shape index (κ3) is 4.05. The van der Waals surface area contributed by atoms with Gasteiger partial charge in [-0.2, -0.15) is 0 Å². The summed E-state index contributed by atoms with van der Waals surface area (Å²) in [6.45, 7) is 6.90. The minimum absolute atomic E-state index is 0.154. The summed E-state index contributed by atoms with van der Waals surface area (Å²) in [6.07, 6.45) is -1.07. The summed E-state index contributed by atoms with van der Waals surface area (Å²) >= 11 is 0. The first-order chi connectivity index (χ1) is 14.2. The highest BCUT2D eigenvalue weighted by atomic mass is 16.5. The molecule has 7 heteroatoms. The van der Waals surface area contributed by atoms with Crippen LogP contribution in [0.5, 0.6) is 0 Å². The van der Waals surface area contributed by atoms with Crippen molar-refractivity contribution in [1.29, 1.82) is 0 Å². The average molecular weight is 407 g/mol. The first-order valence-electron chi connectivity index (χ1n) is 9.63. The fraction of sp³-hybridized carbons (Fsp3) is 0.261. The Morgan fingerprint density at radius 3 is 2.37 bits per heavy atom. The fourth-order valence-corrected chi connectivity index (χ4v) is 3.17. The molecule has 0 saturated heterocycles. The zero-order valence-electron chi connectivity index (χ0n) is 17.7. The van der Waals surface area contributed by atoms with Gasteiger partial charge in [0.15, 0.2) is 6.10 Å². The van der Waals surface area contributed by atoms with Crippen molar-refractivity contribution >= 4 is 17.6 Å². The highest BCUT2D eigenvalue weighted by Crippen LogP contribution is 2.16. The van der Waals surface area contributed by atoms with E-state index < -0.39 is 18.0 Å². The number of ether oxygens (including phenoxy) is 1. The molecule has 1 amide bonds. The number of anilines is 1. The number of carbonyl (C=O) groups is 2. The van der Waals surface area contributed by atoms with E-state index in [4.69, 9.17) is 4.74 Å². The van der Waals surface area contributed by atoms with Crippen molar-refractivity contribution in [2.24, 2.45) is 7.05 Å². The molecule has 0 bridgehead atoms. The van der Waals surface area contributed by atoms with Gasteiger partial charge in [0.1, 0.15) is 5.69 Å². The van der Waals surface area contributed by atoms with Crippen LogP contribution in [0.4, 0.5) is 5.69 Å². The van der Waals surface area contributed by atoms with E-state index in [1.807, 2.05) is 37.3 Å². The van der Waals surface area contributed by atoms with Crippen LogP contribution in [0.2, 0.25) is 0 Å². The van der Waals surface area contributed by atoms with Crippen molar-refractivity contribution in [3.8, 4) is 5.69 Å². The van der Waals surface area contributed by atoms with Gasteiger partial charge in [-0.25, -0.2) is 9.48 Å².